The molecule has 4 heteroatoms. The first kappa shape index (κ1) is 19.7. The Balaban J connectivity index is 1.59. The minimum absolute atomic E-state index is 1.03. The van der Waals surface area contributed by atoms with Crippen LogP contribution in [0.15, 0.2) is 0 Å². The van der Waals surface area contributed by atoms with E-state index in [1.165, 1.54) is 71.1 Å². The van der Waals surface area contributed by atoms with E-state index in [-0.39, 0.29) is 0 Å². The minimum atomic E-state index is -1.03. The van der Waals surface area contributed by atoms with Gasteiger partial charge in [-0.2, -0.15) is 0 Å². The molecule has 2 saturated heterocycles. The van der Waals surface area contributed by atoms with E-state index in [4.69, 9.17) is 0 Å². The molecule has 0 amide bonds. The smallest absolute Gasteiger partial charge is 0.119 e. The first-order valence-corrected chi connectivity index (χ1v) is 17.1. The molecule has 0 N–H and O–H groups in total. The molecule has 0 radical (unpaired) electrons. The third kappa shape index (κ3) is 6.30. The quantitative estimate of drug-likeness (QED) is 0.601. The van der Waals surface area contributed by atoms with Crippen LogP contribution in [0.5, 0.6) is 0 Å². The van der Waals surface area contributed by atoms with E-state index >= 15 is 0 Å². The maximum Gasteiger partial charge on any atom is 0.119 e. The van der Waals surface area contributed by atoms with Crippen molar-refractivity contribution in [1.29, 1.82) is 0 Å². The zero-order valence-corrected chi connectivity index (χ0v) is 18.8. The van der Waals surface area contributed by atoms with Gasteiger partial charge in [-0.1, -0.05) is 58.5 Å². The van der Waals surface area contributed by atoms with Crippen LogP contribution in [-0.4, -0.2) is 51.8 Å². The predicted molar refractivity (Wildman–Crippen MR) is 109 cm³/mol. The maximum absolute atomic E-state index is 2.82. The van der Waals surface area contributed by atoms with Gasteiger partial charge in [0.1, 0.15) is 16.5 Å². The molecule has 0 saturated carbocycles. The molecule has 2 rings (SSSR count). The molecule has 0 aromatic carbocycles. The highest BCUT2D eigenvalue weighted by molar-refractivity contribution is 6.73. The van der Waals surface area contributed by atoms with Crippen LogP contribution in [0.25, 0.3) is 0 Å². The monoisotopic (exact) mass is 354 g/mol. The fraction of sp³-hybridized carbons (Fsp3) is 1.00. The summed E-state index contributed by atoms with van der Waals surface area (Å²) in [6, 6.07) is 0. The van der Waals surface area contributed by atoms with Gasteiger partial charge in [-0.05, 0) is 63.7 Å². The number of hydrogen-bond acceptors (Lipinski definition) is 2. The van der Waals surface area contributed by atoms with Crippen LogP contribution in [0.3, 0.4) is 0 Å². The van der Waals surface area contributed by atoms with E-state index in [1.807, 2.05) is 0 Å². The first-order chi connectivity index (χ1) is 10.7. The van der Waals surface area contributed by atoms with Crippen LogP contribution >= 0.6 is 0 Å². The molecule has 136 valence electrons. The Labute approximate surface area is 148 Å². The van der Waals surface area contributed by atoms with Crippen LogP contribution < -0.4 is 0 Å². The van der Waals surface area contributed by atoms with Gasteiger partial charge in [-0.3, -0.25) is 0 Å². The summed E-state index contributed by atoms with van der Waals surface area (Å²) in [6.45, 7) is 20.5. The van der Waals surface area contributed by atoms with E-state index in [1.54, 1.807) is 0 Å². The zero-order chi connectivity index (χ0) is 17.1. The topological polar surface area (TPSA) is 6.48 Å². The van der Waals surface area contributed by atoms with Crippen molar-refractivity contribution in [3.05, 3.63) is 0 Å². The van der Waals surface area contributed by atoms with Gasteiger partial charge >= 0.3 is 0 Å². The lowest BCUT2D eigenvalue weighted by atomic mass is 9.87. The molecule has 0 aliphatic carbocycles. The van der Waals surface area contributed by atoms with Gasteiger partial charge in [-0.25, -0.2) is 0 Å². The summed E-state index contributed by atoms with van der Waals surface area (Å²) in [5.74, 6) is 2.06. The average molecular weight is 355 g/mol. The van der Waals surface area contributed by atoms with Crippen LogP contribution in [-0.2, 0) is 0 Å². The SMILES string of the molecule is C[Si](C)(C)N1CCC(CCCC2CCN([Si](C)(C)C)CC2)CC1. The summed E-state index contributed by atoms with van der Waals surface area (Å²) in [4.78, 5) is 0. The van der Waals surface area contributed by atoms with Gasteiger partial charge in [0, 0.05) is 0 Å². The molecule has 0 atom stereocenters. The lowest BCUT2D eigenvalue weighted by molar-refractivity contribution is 0.230. The van der Waals surface area contributed by atoms with Crippen LogP contribution in [0.4, 0.5) is 0 Å². The van der Waals surface area contributed by atoms with Crippen molar-refractivity contribution in [1.82, 2.24) is 9.13 Å². The molecule has 2 fully saturated rings. The molecule has 0 unspecified atom stereocenters. The van der Waals surface area contributed by atoms with Crippen molar-refractivity contribution in [3.63, 3.8) is 0 Å². The number of rotatable bonds is 6. The molecule has 0 spiro atoms. The van der Waals surface area contributed by atoms with Gasteiger partial charge in [-0.15, -0.1) is 0 Å². The molecule has 0 aromatic rings. The predicted octanol–water partition coefficient (Wildman–Crippen LogP) is 5.25. The number of nitrogens with zero attached hydrogens (tertiary/aromatic N) is 2. The molecular formula is C19H42N2Si2. The van der Waals surface area contributed by atoms with Gasteiger partial charge in [0.25, 0.3) is 0 Å². The van der Waals surface area contributed by atoms with Gasteiger partial charge < -0.3 is 9.13 Å². The third-order valence-electron chi connectivity index (χ3n) is 6.35. The highest BCUT2D eigenvalue weighted by atomic mass is 28.3. The molecule has 0 bridgehead atoms. The van der Waals surface area contributed by atoms with E-state index in [0.29, 0.717) is 0 Å². The summed E-state index contributed by atoms with van der Waals surface area (Å²) >= 11 is 0. The summed E-state index contributed by atoms with van der Waals surface area (Å²) in [5.41, 5.74) is 0. The second-order valence-electron chi connectivity index (χ2n) is 10.1. The Morgan fingerprint density at radius 1 is 0.609 bits per heavy atom. The Morgan fingerprint density at radius 2 is 0.913 bits per heavy atom. The van der Waals surface area contributed by atoms with Crippen molar-refractivity contribution in [2.45, 2.75) is 84.2 Å². The van der Waals surface area contributed by atoms with Gasteiger partial charge in [0.15, 0.2) is 0 Å². The highest BCUT2D eigenvalue weighted by Crippen LogP contribution is 2.29. The van der Waals surface area contributed by atoms with Crippen LogP contribution in [0.1, 0.15) is 44.9 Å². The molecule has 2 nitrogen and oxygen atoms in total. The van der Waals surface area contributed by atoms with Crippen molar-refractivity contribution < 1.29 is 0 Å². The molecule has 23 heavy (non-hydrogen) atoms. The maximum atomic E-state index is 2.82. The standard InChI is InChI=1S/C19H42N2Si2/c1-22(2,3)20-14-10-18(11-15-20)8-7-9-19-12-16-21(17-13-19)23(4,5)6/h18-19H,7-17H2,1-6H3. The number of hydrogen-bond donors (Lipinski definition) is 0. The van der Waals surface area contributed by atoms with E-state index in [0.717, 1.165) is 11.8 Å². The highest BCUT2D eigenvalue weighted by Gasteiger charge is 2.30. The summed E-state index contributed by atoms with van der Waals surface area (Å²) in [5, 5.41) is 0. The summed E-state index contributed by atoms with van der Waals surface area (Å²) in [7, 11) is -2.07. The van der Waals surface area contributed by atoms with E-state index in [9.17, 15) is 0 Å². The second kappa shape index (κ2) is 8.16. The lowest BCUT2D eigenvalue weighted by Gasteiger charge is -2.40. The minimum Gasteiger partial charge on any atom is -0.324 e. The van der Waals surface area contributed by atoms with E-state index < -0.39 is 16.5 Å². The van der Waals surface area contributed by atoms with Crippen molar-refractivity contribution in [2.24, 2.45) is 11.8 Å². The zero-order valence-electron chi connectivity index (χ0n) is 16.8. The van der Waals surface area contributed by atoms with Gasteiger partial charge in [0.2, 0.25) is 0 Å². The largest absolute Gasteiger partial charge is 0.324 e. The fourth-order valence-corrected chi connectivity index (χ4v) is 7.68. The second-order valence-corrected chi connectivity index (χ2v) is 20.1. The third-order valence-corrected chi connectivity index (χ3v) is 11.0. The molecule has 2 aliphatic rings. The van der Waals surface area contributed by atoms with Crippen LogP contribution in [0, 0.1) is 11.8 Å². The molecule has 0 aromatic heterocycles. The van der Waals surface area contributed by atoms with Crippen molar-refractivity contribution in [3.8, 4) is 0 Å². The number of piperidine rings is 2. The Hall–Kier alpha value is 0.354. The van der Waals surface area contributed by atoms with Crippen molar-refractivity contribution >= 4 is 16.5 Å². The van der Waals surface area contributed by atoms with Crippen molar-refractivity contribution in [2.75, 3.05) is 26.2 Å². The normalized spacial score (nSPS) is 24.3. The summed E-state index contributed by atoms with van der Waals surface area (Å²) < 4.78 is 5.63. The molecular weight excluding hydrogens is 312 g/mol. The average Bonchev–Trinajstić information content (AvgIpc) is 2.46. The lowest BCUT2D eigenvalue weighted by Crippen LogP contribution is -2.50. The molecule has 2 aliphatic heterocycles. The van der Waals surface area contributed by atoms with Crippen LogP contribution in [0.2, 0.25) is 39.3 Å². The Bertz CT molecular complexity index is 309. The fourth-order valence-electron chi connectivity index (χ4n) is 4.48. The Morgan fingerprint density at radius 3 is 1.17 bits per heavy atom. The summed E-state index contributed by atoms with van der Waals surface area (Å²) in [6.07, 6.45) is 10.4. The van der Waals surface area contributed by atoms with Gasteiger partial charge in [0.05, 0.1) is 0 Å². The Kier molecular flexibility index (Phi) is 6.98. The molecule has 2 heterocycles. The first-order valence-electron chi connectivity index (χ1n) is 10.2. The van der Waals surface area contributed by atoms with E-state index in [2.05, 4.69) is 48.4 Å².